The molecule has 0 heterocycles. The minimum absolute atomic E-state index is 0.394. The van der Waals surface area contributed by atoms with Crippen molar-refractivity contribution >= 4 is 5.97 Å². The summed E-state index contributed by atoms with van der Waals surface area (Å²) in [7, 11) is 7.65. The summed E-state index contributed by atoms with van der Waals surface area (Å²) < 4.78 is 26.3. The Balaban J connectivity index is 1.97. The van der Waals surface area contributed by atoms with E-state index in [0.717, 1.165) is 11.1 Å². The molecule has 0 fully saturated rings. The topological polar surface area (TPSA) is 63.2 Å². The van der Waals surface area contributed by atoms with Crippen molar-refractivity contribution in [3.05, 3.63) is 82.4 Å². The van der Waals surface area contributed by atoms with Crippen molar-refractivity contribution in [1.29, 1.82) is 0 Å². The zero-order valence-electron chi connectivity index (χ0n) is 19.6. The van der Waals surface area contributed by atoms with Crippen molar-refractivity contribution in [3.8, 4) is 46.7 Å². The van der Waals surface area contributed by atoms with E-state index in [-0.39, 0.29) is 0 Å². The Morgan fingerprint density at radius 3 is 1.62 bits per heavy atom. The molecule has 3 rings (SSSR count). The molecular formula is C28H24O6. The van der Waals surface area contributed by atoms with Crippen LogP contribution in [0.1, 0.15) is 32.6 Å². The van der Waals surface area contributed by atoms with Gasteiger partial charge >= 0.3 is 5.97 Å². The van der Waals surface area contributed by atoms with Crippen LogP contribution in [-0.2, 0) is 4.74 Å². The van der Waals surface area contributed by atoms with Gasteiger partial charge < -0.3 is 23.7 Å². The molecule has 34 heavy (non-hydrogen) atoms. The fraction of sp³-hybridized carbons (Fsp3) is 0.179. The molecule has 0 amide bonds. The zero-order chi connectivity index (χ0) is 24.5. The molecule has 3 aromatic carbocycles. The maximum Gasteiger partial charge on any atom is 0.337 e. The molecule has 0 spiro atoms. The number of ether oxygens (including phenoxy) is 5. The van der Waals surface area contributed by atoms with Crippen LogP contribution in [-0.4, -0.2) is 41.5 Å². The maximum absolute atomic E-state index is 11.6. The predicted molar refractivity (Wildman–Crippen MR) is 129 cm³/mol. The molecule has 0 atom stereocenters. The Morgan fingerprint density at radius 2 is 1.09 bits per heavy atom. The van der Waals surface area contributed by atoms with Gasteiger partial charge in [-0.3, -0.25) is 0 Å². The highest BCUT2D eigenvalue weighted by molar-refractivity contribution is 5.89. The lowest BCUT2D eigenvalue weighted by atomic mass is 10.1. The normalized spacial score (nSPS) is 9.56. The van der Waals surface area contributed by atoms with Gasteiger partial charge in [0.1, 0.15) is 11.5 Å². The van der Waals surface area contributed by atoms with Crippen LogP contribution < -0.4 is 18.9 Å². The van der Waals surface area contributed by atoms with Crippen LogP contribution in [0.2, 0.25) is 0 Å². The maximum atomic E-state index is 11.6. The van der Waals surface area contributed by atoms with E-state index in [1.807, 2.05) is 12.1 Å². The molecule has 6 nitrogen and oxygen atoms in total. The number of hydrogen-bond donors (Lipinski definition) is 0. The first kappa shape index (κ1) is 24.1. The number of hydrogen-bond acceptors (Lipinski definition) is 6. The first-order valence-electron chi connectivity index (χ1n) is 10.2. The lowest BCUT2D eigenvalue weighted by Gasteiger charge is -2.09. The third-order valence-corrected chi connectivity index (χ3v) is 4.89. The molecule has 0 saturated carbocycles. The molecule has 0 saturated heterocycles. The second-order valence-corrected chi connectivity index (χ2v) is 6.89. The highest BCUT2D eigenvalue weighted by Gasteiger charge is 2.09. The van der Waals surface area contributed by atoms with Crippen LogP contribution in [0, 0.1) is 23.7 Å². The summed E-state index contributed by atoms with van der Waals surface area (Å²) in [6, 6.07) is 15.9. The lowest BCUT2D eigenvalue weighted by molar-refractivity contribution is 0.0600. The molecule has 0 unspecified atom stereocenters. The summed E-state index contributed by atoms with van der Waals surface area (Å²) in [6.07, 6.45) is 0. The van der Waals surface area contributed by atoms with Crippen molar-refractivity contribution < 1.29 is 28.5 Å². The van der Waals surface area contributed by atoms with Gasteiger partial charge in [0.15, 0.2) is 11.5 Å². The molecule has 0 radical (unpaired) electrons. The minimum Gasteiger partial charge on any atom is -0.495 e. The van der Waals surface area contributed by atoms with Crippen LogP contribution in [0.25, 0.3) is 0 Å². The van der Waals surface area contributed by atoms with Crippen molar-refractivity contribution in [3.63, 3.8) is 0 Å². The summed E-state index contributed by atoms with van der Waals surface area (Å²) >= 11 is 0. The molecule has 0 aromatic heterocycles. The van der Waals surface area contributed by atoms with E-state index in [0.29, 0.717) is 39.7 Å². The molecule has 0 bridgehead atoms. The Kier molecular flexibility index (Phi) is 8.05. The summed E-state index contributed by atoms with van der Waals surface area (Å²) in [5, 5.41) is 0. The summed E-state index contributed by atoms with van der Waals surface area (Å²) in [6.45, 7) is 0. The molecule has 0 aliphatic rings. The Labute approximate surface area is 199 Å². The lowest BCUT2D eigenvalue weighted by Crippen LogP contribution is -2.00. The van der Waals surface area contributed by atoms with Crippen LogP contribution in [0.5, 0.6) is 23.0 Å². The minimum atomic E-state index is -0.394. The number of carbonyl (C=O) groups is 1. The number of carbonyl (C=O) groups excluding carboxylic acids is 1. The molecule has 6 heteroatoms. The van der Waals surface area contributed by atoms with Gasteiger partial charge in [-0.1, -0.05) is 23.7 Å². The van der Waals surface area contributed by atoms with Crippen molar-refractivity contribution in [2.75, 3.05) is 35.5 Å². The SMILES string of the molecule is COC(=O)c1ccc(C#Cc2cc(C#Cc3ccc(OC)c(OC)c3)c(OC)cc2OC)cc1. The molecule has 172 valence electrons. The first-order valence-corrected chi connectivity index (χ1v) is 10.2. The van der Waals surface area contributed by atoms with E-state index < -0.39 is 5.97 Å². The molecule has 0 aliphatic heterocycles. The van der Waals surface area contributed by atoms with Crippen LogP contribution in [0.3, 0.4) is 0 Å². The summed E-state index contributed by atoms with van der Waals surface area (Å²) in [4.78, 5) is 11.6. The van der Waals surface area contributed by atoms with E-state index in [2.05, 4.69) is 23.7 Å². The second-order valence-electron chi connectivity index (χ2n) is 6.89. The van der Waals surface area contributed by atoms with Gasteiger partial charge in [0.05, 0.1) is 52.2 Å². The molecular weight excluding hydrogens is 432 g/mol. The zero-order valence-corrected chi connectivity index (χ0v) is 19.6. The van der Waals surface area contributed by atoms with E-state index in [1.165, 1.54) is 7.11 Å². The number of benzene rings is 3. The summed E-state index contributed by atoms with van der Waals surface area (Å²) in [5.41, 5.74) is 3.26. The molecule has 3 aromatic rings. The van der Waals surface area contributed by atoms with Gasteiger partial charge in [-0.15, -0.1) is 0 Å². The van der Waals surface area contributed by atoms with Crippen molar-refractivity contribution in [2.45, 2.75) is 0 Å². The fourth-order valence-electron chi connectivity index (χ4n) is 3.09. The van der Waals surface area contributed by atoms with E-state index in [4.69, 9.17) is 23.7 Å². The van der Waals surface area contributed by atoms with Gasteiger partial charge in [0.25, 0.3) is 0 Å². The van der Waals surface area contributed by atoms with Gasteiger partial charge in [-0.05, 0) is 48.5 Å². The largest absolute Gasteiger partial charge is 0.495 e. The van der Waals surface area contributed by atoms with Crippen LogP contribution in [0.4, 0.5) is 0 Å². The quantitative estimate of drug-likeness (QED) is 0.421. The Bertz CT molecular complexity index is 1300. The highest BCUT2D eigenvalue weighted by atomic mass is 16.5. The third-order valence-electron chi connectivity index (χ3n) is 4.89. The third kappa shape index (κ3) is 5.62. The standard InChI is InChI=1S/C28H24O6/c1-30-24-15-10-20(16-27(24)33-4)9-14-23-17-22(25(31-2)18-26(23)32-3)13-8-19-6-11-21(12-7-19)28(29)34-5/h6-7,10-12,15-18H,1-5H3. The van der Waals surface area contributed by atoms with Gasteiger partial charge in [-0.2, -0.15) is 0 Å². The number of esters is 1. The van der Waals surface area contributed by atoms with E-state index >= 15 is 0 Å². The van der Waals surface area contributed by atoms with Gasteiger partial charge in [-0.25, -0.2) is 4.79 Å². The number of rotatable bonds is 5. The predicted octanol–water partition coefficient (Wildman–Crippen LogP) is 4.31. The van der Waals surface area contributed by atoms with Gasteiger partial charge in [0, 0.05) is 17.2 Å². The molecule has 0 N–H and O–H groups in total. The van der Waals surface area contributed by atoms with E-state index in [1.54, 1.807) is 70.9 Å². The highest BCUT2D eigenvalue weighted by Crippen LogP contribution is 2.29. The Morgan fingerprint density at radius 1 is 0.559 bits per heavy atom. The first-order chi connectivity index (χ1) is 16.5. The van der Waals surface area contributed by atoms with Crippen molar-refractivity contribution in [2.24, 2.45) is 0 Å². The fourth-order valence-corrected chi connectivity index (χ4v) is 3.09. The average molecular weight is 456 g/mol. The summed E-state index contributed by atoms with van der Waals surface area (Å²) in [5.74, 6) is 14.4. The van der Waals surface area contributed by atoms with Gasteiger partial charge in [0.2, 0.25) is 0 Å². The molecule has 0 aliphatic carbocycles. The number of methoxy groups -OCH3 is 5. The second kappa shape index (κ2) is 11.4. The van der Waals surface area contributed by atoms with Crippen molar-refractivity contribution in [1.82, 2.24) is 0 Å². The Hall–Kier alpha value is -4.55. The average Bonchev–Trinajstić information content (AvgIpc) is 2.89. The van der Waals surface area contributed by atoms with Crippen LogP contribution >= 0.6 is 0 Å². The van der Waals surface area contributed by atoms with E-state index in [9.17, 15) is 4.79 Å². The monoisotopic (exact) mass is 456 g/mol. The smallest absolute Gasteiger partial charge is 0.337 e. The van der Waals surface area contributed by atoms with Crippen LogP contribution in [0.15, 0.2) is 54.6 Å².